The van der Waals surface area contributed by atoms with E-state index >= 15 is 0 Å². The Bertz CT molecular complexity index is 339. The van der Waals surface area contributed by atoms with Crippen LogP contribution in [0, 0.1) is 5.92 Å². The first-order chi connectivity index (χ1) is 7.50. The van der Waals surface area contributed by atoms with Gasteiger partial charge in [-0.1, -0.05) is 43.1 Å². The predicted molar refractivity (Wildman–Crippen MR) is 72.6 cm³/mol. The van der Waals surface area contributed by atoms with Crippen molar-refractivity contribution in [2.75, 3.05) is 6.54 Å². The molecule has 1 nitrogen and oxygen atoms in total. The molecule has 1 rings (SSSR count). The Balaban J connectivity index is 2.43. The van der Waals surface area contributed by atoms with E-state index in [0.29, 0.717) is 22.5 Å². The van der Waals surface area contributed by atoms with Crippen LogP contribution in [-0.4, -0.2) is 11.9 Å². The zero-order valence-corrected chi connectivity index (χ0v) is 11.7. The molecule has 1 atom stereocenters. The van der Waals surface area contributed by atoms with Crippen molar-refractivity contribution in [3.8, 4) is 0 Å². The largest absolute Gasteiger partial charge is 0.311 e. The number of halogens is 3. The van der Waals surface area contributed by atoms with Crippen LogP contribution in [-0.2, 0) is 6.54 Å². The number of hydrogen-bond donors (Lipinski definition) is 1. The summed E-state index contributed by atoms with van der Waals surface area (Å²) in [7, 11) is 0. The Hall–Kier alpha value is 0.0500. The first-order valence-corrected chi connectivity index (χ1v) is 6.48. The molecule has 0 aliphatic rings. The van der Waals surface area contributed by atoms with Gasteiger partial charge in [0, 0.05) is 28.5 Å². The Morgan fingerprint density at radius 3 is 2.50 bits per heavy atom. The summed E-state index contributed by atoms with van der Waals surface area (Å²) in [5.74, 6) is 0.467. The van der Waals surface area contributed by atoms with E-state index in [0.717, 1.165) is 12.1 Å². The first-order valence-electron chi connectivity index (χ1n) is 5.29. The van der Waals surface area contributed by atoms with Crippen LogP contribution in [0.2, 0.25) is 10.0 Å². The van der Waals surface area contributed by atoms with Gasteiger partial charge in [0.15, 0.2) is 0 Å². The highest BCUT2D eigenvalue weighted by molar-refractivity contribution is 6.35. The second-order valence-electron chi connectivity index (χ2n) is 4.13. The van der Waals surface area contributed by atoms with Gasteiger partial charge >= 0.3 is 0 Å². The Labute approximate surface area is 112 Å². The normalized spacial score (nSPS) is 13.1. The Morgan fingerprint density at radius 2 is 1.94 bits per heavy atom. The molecule has 0 bridgehead atoms. The maximum atomic E-state index is 6.13. The minimum Gasteiger partial charge on any atom is -0.311 e. The quantitative estimate of drug-likeness (QED) is 0.791. The van der Waals surface area contributed by atoms with Crippen LogP contribution >= 0.6 is 34.8 Å². The van der Waals surface area contributed by atoms with Crippen molar-refractivity contribution in [2.24, 2.45) is 5.92 Å². The maximum Gasteiger partial charge on any atom is 0.0483 e. The Morgan fingerprint density at radius 1 is 1.25 bits per heavy atom. The van der Waals surface area contributed by atoms with E-state index in [1.807, 2.05) is 12.1 Å². The van der Waals surface area contributed by atoms with Crippen LogP contribution in [0.25, 0.3) is 0 Å². The lowest BCUT2D eigenvalue weighted by atomic mass is 10.1. The second-order valence-corrected chi connectivity index (χ2v) is 5.53. The summed E-state index contributed by atoms with van der Waals surface area (Å²) in [5.41, 5.74) is 1.04. The maximum absolute atomic E-state index is 6.13. The van der Waals surface area contributed by atoms with Crippen molar-refractivity contribution in [1.82, 2.24) is 5.32 Å². The van der Waals surface area contributed by atoms with Crippen molar-refractivity contribution in [1.29, 1.82) is 0 Å². The average Bonchev–Trinajstić information content (AvgIpc) is 2.20. The van der Waals surface area contributed by atoms with E-state index in [9.17, 15) is 0 Å². The zero-order chi connectivity index (χ0) is 12.1. The molecule has 4 heteroatoms. The van der Waals surface area contributed by atoms with E-state index < -0.39 is 0 Å². The lowest BCUT2D eigenvalue weighted by Crippen LogP contribution is -2.26. The number of rotatable bonds is 5. The highest BCUT2D eigenvalue weighted by Crippen LogP contribution is 2.20. The highest BCUT2D eigenvalue weighted by Gasteiger charge is 2.09. The molecule has 90 valence electrons. The van der Waals surface area contributed by atoms with Gasteiger partial charge in [-0.3, -0.25) is 0 Å². The summed E-state index contributed by atoms with van der Waals surface area (Å²) >= 11 is 18.0. The number of alkyl halides is 1. The highest BCUT2D eigenvalue weighted by atomic mass is 35.5. The fourth-order valence-corrected chi connectivity index (χ4v) is 1.83. The van der Waals surface area contributed by atoms with Crippen LogP contribution in [0.3, 0.4) is 0 Å². The van der Waals surface area contributed by atoms with E-state index in [1.54, 1.807) is 6.07 Å². The minimum absolute atomic E-state index is 0.145. The molecule has 1 aromatic rings. The van der Waals surface area contributed by atoms with E-state index in [-0.39, 0.29) is 5.38 Å². The number of hydrogen-bond acceptors (Lipinski definition) is 1. The van der Waals surface area contributed by atoms with Crippen LogP contribution in [0.15, 0.2) is 18.2 Å². The Kier molecular flexibility index (Phi) is 5.91. The molecule has 0 saturated carbocycles. The summed E-state index contributed by atoms with van der Waals surface area (Å²) < 4.78 is 0. The topological polar surface area (TPSA) is 12.0 Å². The van der Waals surface area contributed by atoms with Gasteiger partial charge in [0.2, 0.25) is 0 Å². The third-order valence-corrected chi connectivity index (χ3v) is 3.64. The number of nitrogens with one attached hydrogen (secondary N) is 1. The first kappa shape index (κ1) is 14.1. The lowest BCUT2D eigenvalue weighted by Gasteiger charge is -2.14. The smallest absolute Gasteiger partial charge is 0.0483 e. The molecule has 1 unspecified atom stereocenters. The molecule has 0 aliphatic heterocycles. The lowest BCUT2D eigenvalue weighted by molar-refractivity contribution is 0.546. The third-order valence-electron chi connectivity index (χ3n) is 2.39. The van der Waals surface area contributed by atoms with Crippen molar-refractivity contribution in [3.05, 3.63) is 33.8 Å². The molecule has 0 aliphatic carbocycles. The van der Waals surface area contributed by atoms with E-state index in [4.69, 9.17) is 34.8 Å². The molecule has 0 fully saturated rings. The van der Waals surface area contributed by atoms with E-state index in [2.05, 4.69) is 19.2 Å². The molecule has 0 saturated heterocycles. The predicted octanol–water partition coefficient (Wildman–Crippen LogP) is 4.35. The van der Waals surface area contributed by atoms with Gasteiger partial charge < -0.3 is 5.32 Å². The monoisotopic (exact) mass is 279 g/mol. The van der Waals surface area contributed by atoms with Crippen LogP contribution in [0.4, 0.5) is 0 Å². The van der Waals surface area contributed by atoms with Crippen molar-refractivity contribution in [3.63, 3.8) is 0 Å². The second kappa shape index (κ2) is 6.70. The van der Waals surface area contributed by atoms with Gasteiger partial charge in [0.05, 0.1) is 0 Å². The zero-order valence-electron chi connectivity index (χ0n) is 9.43. The third kappa shape index (κ3) is 4.50. The standard InChI is InChI=1S/C12H16Cl3N/c1-8(2)12(15)7-16-6-9-3-4-10(13)5-11(9)14/h3-5,8,12,16H,6-7H2,1-2H3. The molecule has 16 heavy (non-hydrogen) atoms. The van der Waals surface area contributed by atoms with Gasteiger partial charge in [0.1, 0.15) is 0 Å². The van der Waals surface area contributed by atoms with Crippen LogP contribution < -0.4 is 5.32 Å². The van der Waals surface area contributed by atoms with Crippen molar-refractivity contribution >= 4 is 34.8 Å². The summed E-state index contributed by atoms with van der Waals surface area (Å²) in [6.07, 6.45) is 0. The van der Waals surface area contributed by atoms with Crippen LogP contribution in [0.1, 0.15) is 19.4 Å². The molecule has 0 aromatic heterocycles. The van der Waals surface area contributed by atoms with Gasteiger partial charge in [-0.15, -0.1) is 11.6 Å². The van der Waals surface area contributed by atoms with Gasteiger partial charge in [-0.05, 0) is 23.6 Å². The summed E-state index contributed by atoms with van der Waals surface area (Å²) in [6, 6.07) is 5.52. The summed E-state index contributed by atoms with van der Waals surface area (Å²) in [6.45, 7) is 5.70. The summed E-state index contributed by atoms with van der Waals surface area (Å²) in [5, 5.41) is 4.78. The average molecular weight is 281 g/mol. The molecular weight excluding hydrogens is 264 g/mol. The van der Waals surface area contributed by atoms with Gasteiger partial charge in [-0.25, -0.2) is 0 Å². The van der Waals surface area contributed by atoms with Gasteiger partial charge in [-0.2, -0.15) is 0 Å². The van der Waals surface area contributed by atoms with Crippen LogP contribution in [0.5, 0.6) is 0 Å². The van der Waals surface area contributed by atoms with Crippen molar-refractivity contribution in [2.45, 2.75) is 25.8 Å². The molecule has 1 aromatic carbocycles. The number of benzene rings is 1. The van der Waals surface area contributed by atoms with Crippen molar-refractivity contribution < 1.29 is 0 Å². The van der Waals surface area contributed by atoms with E-state index in [1.165, 1.54) is 0 Å². The molecule has 0 radical (unpaired) electrons. The molecule has 0 amide bonds. The minimum atomic E-state index is 0.145. The summed E-state index contributed by atoms with van der Waals surface area (Å²) in [4.78, 5) is 0. The fraction of sp³-hybridized carbons (Fsp3) is 0.500. The fourth-order valence-electron chi connectivity index (χ4n) is 1.25. The molecule has 0 heterocycles. The molecule has 1 N–H and O–H groups in total. The SMILES string of the molecule is CC(C)C(Cl)CNCc1ccc(Cl)cc1Cl. The van der Waals surface area contributed by atoms with Gasteiger partial charge in [0.25, 0.3) is 0 Å². The molecular formula is C12H16Cl3N. The molecule has 0 spiro atoms.